The molecule has 1 heterocycles. The van der Waals surface area contributed by atoms with Crippen molar-refractivity contribution in [2.45, 2.75) is 12.8 Å². The average molecular weight is 285 g/mol. The van der Waals surface area contributed by atoms with E-state index in [4.69, 9.17) is 5.11 Å². The summed E-state index contributed by atoms with van der Waals surface area (Å²) in [5.41, 5.74) is 0.670. The molecule has 0 fully saturated rings. The summed E-state index contributed by atoms with van der Waals surface area (Å²) in [6.45, 7) is -0.589. The Morgan fingerprint density at radius 3 is 2.63 bits per heavy atom. The summed E-state index contributed by atoms with van der Waals surface area (Å²) in [5, 5.41) is 10.5. The maximum atomic E-state index is 11.7. The monoisotopic (exact) mass is 285 g/mol. The smallest absolute Gasteiger partial charge is 1.00 e. The van der Waals surface area contributed by atoms with Gasteiger partial charge in [0.25, 0.3) is 0 Å². The first-order chi connectivity index (χ1) is 8.70. The van der Waals surface area contributed by atoms with Gasteiger partial charge in [0, 0.05) is 18.0 Å². The van der Waals surface area contributed by atoms with E-state index in [9.17, 15) is 9.59 Å². The van der Waals surface area contributed by atoms with Gasteiger partial charge >= 0.3 is 37.7 Å². The summed E-state index contributed by atoms with van der Waals surface area (Å²) in [7, 11) is 0. The van der Waals surface area contributed by atoms with Crippen molar-refractivity contribution >= 4 is 60.1 Å². The molecule has 5 heteroatoms. The number of aromatic nitrogens is 1. The van der Waals surface area contributed by atoms with Gasteiger partial charge in [0.1, 0.15) is 12.4 Å². The van der Waals surface area contributed by atoms with E-state index in [1.54, 1.807) is 6.20 Å². The Labute approximate surface area is 143 Å². The standard InChI is InChI=1S/C14H13NO3.Ca.2H/c16-9-12(18)7-11(17)8-14-13-4-2-1-3-10(13)5-6-15-14;;;/h1-6,16H,7-9H2;;;/q;+2;2*-1. The molecule has 1 aromatic carbocycles. The minimum atomic E-state index is -0.589. The molecule has 1 N–H and O–H groups in total. The Morgan fingerprint density at radius 1 is 1.16 bits per heavy atom. The first-order valence-electron chi connectivity index (χ1n) is 5.67. The third kappa shape index (κ3) is 4.35. The summed E-state index contributed by atoms with van der Waals surface area (Å²) >= 11 is 0. The molecule has 0 bridgehead atoms. The second kappa shape index (κ2) is 7.70. The molecule has 19 heavy (non-hydrogen) atoms. The van der Waals surface area contributed by atoms with Gasteiger partial charge in [0.15, 0.2) is 5.78 Å². The molecule has 4 nitrogen and oxygen atoms in total. The first kappa shape index (κ1) is 16.2. The summed E-state index contributed by atoms with van der Waals surface area (Å²) in [6.07, 6.45) is 1.54. The van der Waals surface area contributed by atoms with E-state index >= 15 is 0 Å². The first-order valence-corrected chi connectivity index (χ1v) is 5.67. The van der Waals surface area contributed by atoms with Gasteiger partial charge in [-0.15, -0.1) is 0 Å². The maximum Gasteiger partial charge on any atom is 2.00 e. The van der Waals surface area contributed by atoms with E-state index in [0.29, 0.717) is 5.69 Å². The van der Waals surface area contributed by atoms with E-state index in [-0.39, 0.29) is 59.2 Å². The fourth-order valence-corrected chi connectivity index (χ4v) is 1.85. The van der Waals surface area contributed by atoms with E-state index in [0.717, 1.165) is 10.8 Å². The van der Waals surface area contributed by atoms with Crippen molar-refractivity contribution in [3.8, 4) is 0 Å². The molecular formula is C14H15CaNO3. The second-order valence-corrected chi connectivity index (χ2v) is 4.07. The zero-order valence-corrected chi connectivity index (χ0v) is 12.7. The number of benzene rings is 1. The molecule has 0 amide bonds. The van der Waals surface area contributed by atoms with E-state index in [1.165, 1.54) is 0 Å². The number of hydrogen-bond acceptors (Lipinski definition) is 4. The van der Waals surface area contributed by atoms with Crippen LogP contribution in [0.1, 0.15) is 15.0 Å². The molecule has 1 aromatic heterocycles. The molecule has 0 spiro atoms. The molecule has 0 saturated heterocycles. The number of Topliss-reactive ketones (excluding diaryl/α,β-unsaturated/α-hetero) is 2. The van der Waals surface area contributed by atoms with Crippen LogP contribution in [-0.2, 0) is 16.0 Å². The van der Waals surface area contributed by atoms with Gasteiger partial charge in [0.2, 0.25) is 0 Å². The molecule has 0 unspecified atom stereocenters. The molecular weight excluding hydrogens is 270 g/mol. The molecule has 0 aliphatic heterocycles. The van der Waals surface area contributed by atoms with Crippen LogP contribution in [0.3, 0.4) is 0 Å². The van der Waals surface area contributed by atoms with Crippen LogP contribution in [-0.4, -0.2) is 66.0 Å². The van der Waals surface area contributed by atoms with Crippen LogP contribution in [0.25, 0.3) is 10.8 Å². The molecule has 0 aliphatic carbocycles. The zero-order valence-electron chi connectivity index (χ0n) is 12.5. The number of ketones is 2. The normalized spacial score (nSPS) is 9.95. The number of hydrogen-bond donors (Lipinski definition) is 1. The quantitative estimate of drug-likeness (QED) is 0.661. The molecule has 96 valence electrons. The number of aliphatic hydroxyl groups is 1. The van der Waals surface area contributed by atoms with Gasteiger partial charge in [0.05, 0.1) is 12.1 Å². The van der Waals surface area contributed by atoms with Crippen molar-refractivity contribution in [3.05, 3.63) is 42.2 Å². The molecule has 0 atom stereocenters. The van der Waals surface area contributed by atoms with Crippen LogP contribution in [0.4, 0.5) is 0 Å². The second-order valence-electron chi connectivity index (χ2n) is 4.07. The SMILES string of the molecule is O=C(CO)CC(=O)Cc1nccc2ccccc12.[Ca+2].[H-].[H-]. The number of rotatable bonds is 5. The van der Waals surface area contributed by atoms with Crippen LogP contribution < -0.4 is 0 Å². The van der Waals surface area contributed by atoms with Crippen molar-refractivity contribution in [2.75, 3.05) is 6.61 Å². The number of nitrogens with zero attached hydrogens (tertiary/aromatic N) is 1. The molecule has 0 saturated carbocycles. The molecule has 2 rings (SSSR count). The van der Waals surface area contributed by atoms with Gasteiger partial charge in [-0.1, -0.05) is 24.3 Å². The topological polar surface area (TPSA) is 67.3 Å². The maximum absolute atomic E-state index is 11.7. The summed E-state index contributed by atoms with van der Waals surface area (Å²) in [5.74, 6) is -0.682. The van der Waals surface area contributed by atoms with Crippen LogP contribution in [0.5, 0.6) is 0 Å². The van der Waals surface area contributed by atoms with Crippen molar-refractivity contribution < 1.29 is 17.5 Å². The van der Waals surface area contributed by atoms with Crippen LogP contribution in [0.2, 0.25) is 0 Å². The largest absolute Gasteiger partial charge is 2.00 e. The summed E-state index contributed by atoms with van der Waals surface area (Å²) in [4.78, 5) is 26.8. The van der Waals surface area contributed by atoms with Gasteiger partial charge in [-0.3, -0.25) is 14.6 Å². The van der Waals surface area contributed by atoms with Gasteiger partial charge in [-0.25, -0.2) is 0 Å². The Kier molecular flexibility index (Phi) is 6.58. The predicted molar refractivity (Wildman–Crippen MR) is 75.1 cm³/mol. The number of fused-ring (bicyclic) bond motifs is 1. The number of carbonyl (C=O) groups excluding carboxylic acids is 2. The van der Waals surface area contributed by atoms with Crippen LogP contribution in [0, 0.1) is 0 Å². The Balaban J connectivity index is 0. The number of carbonyl (C=O) groups is 2. The minimum Gasteiger partial charge on any atom is -1.00 e. The van der Waals surface area contributed by atoms with Crippen molar-refractivity contribution in [2.24, 2.45) is 0 Å². The van der Waals surface area contributed by atoms with Crippen molar-refractivity contribution in [1.82, 2.24) is 4.98 Å². The molecule has 0 radical (unpaired) electrons. The summed E-state index contributed by atoms with van der Waals surface area (Å²) in [6, 6.07) is 9.53. The third-order valence-corrected chi connectivity index (χ3v) is 2.69. The van der Waals surface area contributed by atoms with Crippen LogP contribution >= 0.6 is 0 Å². The fraction of sp³-hybridized carbons (Fsp3) is 0.214. The minimum absolute atomic E-state index is 0. The number of pyridine rings is 1. The summed E-state index contributed by atoms with van der Waals surface area (Å²) < 4.78 is 0. The molecule has 2 aromatic rings. The van der Waals surface area contributed by atoms with Crippen LogP contribution in [0.15, 0.2) is 36.5 Å². The number of aliphatic hydroxyl groups excluding tert-OH is 1. The zero-order chi connectivity index (χ0) is 13.0. The third-order valence-electron chi connectivity index (χ3n) is 2.69. The van der Waals surface area contributed by atoms with Gasteiger partial charge < -0.3 is 7.96 Å². The average Bonchev–Trinajstić information content (AvgIpc) is 2.39. The van der Waals surface area contributed by atoms with Crippen molar-refractivity contribution in [1.29, 1.82) is 0 Å². The van der Waals surface area contributed by atoms with E-state index in [2.05, 4.69) is 4.98 Å². The fourth-order valence-electron chi connectivity index (χ4n) is 1.85. The van der Waals surface area contributed by atoms with Gasteiger partial charge in [-0.2, -0.15) is 0 Å². The van der Waals surface area contributed by atoms with E-state index < -0.39 is 12.4 Å². The van der Waals surface area contributed by atoms with E-state index in [1.807, 2.05) is 30.3 Å². The Morgan fingerprint density at radius 2 is 1.89 bits per heavy atom. The predicted octanol–water partition coefficient (Wildman–Crippen LogP) is 1.14. The Bertz CT molecular complexity index is 602. The Hall–Kier alpha value is -0.810. The van der Waals surface area contributed by atoms with Crippen molar-refractivity contribution in [3.63, 3.8) is 0 Å². The molecule has 0 aliphatic rings. The van der Waals surface area contributed by atoms with Gasteiger partial charge in [-0.05, 0) is 11.5 Å².